The van der Waals surface area contributed by atoms with Gasteiger partial charge in [-0.2, -0.15) is 0 Å². The average Bonchev–Trinajstić information content (AvgIpc) is 2.34. The summed E-state index contributed by atoms with van der Waals surface area (Å²) >= 11 is 6.04. The fourth-order valence-electron chi connectivity index (χ4n) is 2.53. The van der Waals surface area contributed by atoms with Crippen molar-refractivity contribution in [3.05, 3.63) is 28.3 Å². The number of hydrogen-bond acceptors (Lipinski definition) is 1. The Morgan fingerprint density at radius 3 is 2.15 bits per heavy atom. The maximum absolute atomic E-state index is 12.6. The van der Waals surface area contributed by atoms with E-state index in [4.69, 9.17) is 11.6 Å². The molecule has 1 aromatic rings. The first-order valence-electron chi connectivity index (χ1n) is 7.13. The van der Waals surface area contributed by atoms with Gasteiger partial charge in [0.05, 0.1) is 6.16 Å². The van der Waals surface area contributed by atoms with Gasteiger partial charge in [0.2, 0.25) is 0 Å². The molecule has 0 aliphatic heterocycles. The Bertz CT molecular complexity index is 476. The Kier molecular flexibility index (Phi) is 6.04. The van der Waals surface area contributed by atoms with Gasteiger partial charge in [-0.25, -0.2) is 0 Å². The molecule has 1 aromatic carbocycles. The molecule has 112 valence electrons. The van der Waals surface area contributed by atoms with Crippen molar-refractivity contribution in [1.82, 2.24) is 0 Å². The smallest absolute Gasteiger partial charge is 0.265 e. The Labute approximate surface area is 128 Å². The third-order valence-corrected chi connectivity index (χ3v) is 8.23. The Hall–Kier alpha value is -0.590. The summed E-state index contributed by atoms with van der Waals surface area (Å²) in [7, 11) is -1.20. The van der Waals surface area contributed by atoms with Crippen LogP contribution in [0.1, 0.15) is 31.4 Å². The second-order valence-electron chi connectivity index (χ2n) is 5.92. The minimum absolute atomic E-state index is 0.127. The van der Waals surface area contributed by atoms with Gasteiger partial charge in [-0.1, -0.05) is 18.5 Å². The lowest BCUT2D eigenvalue weighted by Crippen LogP contribution is -2.30. The molecule has 0 radical (unpaired) electrons. The molecule has 0 aliphatic rings. The largest absolute Gasteiger partial charge is 0.322 e. The first kappa shape index (κ1) is 17.5. The highest BCUT2D eigenvalue weighted by Gasteiger charge is 2.39. The summed E-state index contributed by atoms with van der Waals surface area (Å²) in [6, 6.07) is 3.79. The van der Waals surface area contributed by atoms with E-state index in [2.05, 4.69) is 32.5 Å². The second-order valence-corrected chi connectivity index (χ2v) is 11.2. The van der Waals surface area contributed by atoms with Crippen LogP contribution in [-0.2, 0) is 4.79 Å². The molecule has 1 rings (SSSR count). The lowest BCUT2D eigenvalue weighted by Gasteiger charge is -2.26. The van der Waals surface area contributed by atoms with E-state index in [-0.39, 0.29) is 11.6 Å². The molecule has 1 amide bonds. The van der Waals surface area contributed by atoms with Crippen molar-refractivity contribution in [2.24, 2.45) is 0 Å². The van der Waals surface area contributed by atoms with E-state index in [0.717, 1.165) is 29.4 Å². The molecule has 1 atom stereocenters. The van der Waals surface area contributed by atoms with E-state index >= 15 is 0 Å². The molecule has 4 heteroatoms. The van der Waals surface area contributed by atoms with Gasteiger partial charge in [-0.3, -0.25) is 4.79 Å². The third kappa shape index (κ3) is 3.96. The number of carbonyl (C=O) groups excluding carboxylic acids is 1. The topological polar surface area (TPSA) is 29.1 Å². The molecule has 1 unspecified atom stereocenters. The van der Waals surface area contributed by atoms with E-state index in [0.29, 0.717) is 5.02 Å². The second kappa shape index (κ2) is 6.91. The summed E-state index contributed by atoms with van der Waals surface area (Å²) in [6.45, 7) is 12.8. The number of nitrogens with one attached hydrogen (secondary N) is 1. The van der Waals surface area contributed by atoms with Gasteiger partial charge in [-0.15, -0.1) is 0 Å². The van der Waals surface area contributed by atoms with Crippen molar-refractivity contribution < 1.29 is 4.79 Å². The van der Waals surface area contributed by atoms with E-state index in [1.54, 1.807) is 0 Å². The number of rotatable bonds is 5. The van der Waals surface area contributed by atoms with E-state index in [1.807, 2.05) is 26.0 Å². The van der Waals surface area contributed by atoms with Crippen LogP contribution in [-0.4, -0.2) is 31.1 Å². The lowest BCUT2D eigenvalue weighted by molar-refractivity contribution is -0.115. The monoisotopic (exact) mass is 314 g/mol. The Morgan fingerprint density at radius 1 is 1.25 bits per heavy atom. The zero-order valence-corrected chi connectivity index (χ0v) is 15.0. The lowest BCUT2D eigenvalue weighted by atomic mass is 10.1. The van der Waals surface area contributed by atoms with Gasteiger partial charge in [0.25, 0.3) is 5.91 Å². The molecule has 0 saturated heterocycles. The van der Waals surface area contributed by atoms with Crippen molar-refractivity contribution in [2.75, 3.05) is 24.8 Å². The molecule has 0 bridgehead atoms. The fourth-order valence-corrected chi connectivity index (χ4v) is 4.99. The molecule has 0 spiro atoms. The predicted octanol–water partition coefficient (Wildman–Crippen LogP) is 4.97. The highest BCUT2D eigenvalue weighted by molar-refractivity contribution is 7.76. The van der Waals surface area contributed by atoms with Crippen LogP contribution in [0.25, 0.3) is 0 Å². The summed E-state index contributed by atoms with van der Waals surface area (Å²) in [4.78, 5) is 12.6. The van der Waals surface area contributed by atoms with Gasteiger partial charge in [0.1, 0.15) is 5.66 Å². The number of benzene rings is 1. The zero-order chi connectivity index (χ0) is 15.5. The Morgan fingerprint density at radius 2 is 1.75 bits per heavy atom. The standard InChI is InChI=1S/C16H25ClNOP/c1-7-14(20(5,6)8-2)16(19)18-15-11(3)9-13(17)10-12(15)4/h9-10,14H,7-8H2,1-6H3/p+1. The van der Waals surface area contributed by atoms with Crippen LogP contribution in [0.4, 0.5) is 5.69 Å². The zero-order valence-electron chi connectivity index (χ0n) is 13.4. The van der Waals surface area contributed by atoms with Crippen molar-refractivity contribution in [3.8, 4) is 0 Å². The Balaban J connectivity index is 3.01. The van der Waals surface area contributed by atoms with Crippen LogP contribution in [0.3, 0.4) is 0 Å². The molecule has 20 heavy (non-hydrogen) atoms. The number of anilines is 1. The highest BCUT2D eigenvalue weighted by atomic mass is 35.5. The molecule has 0 saturated carbocycles. The minimum Gasteiger partial charge on any atom is -0.322 e. The first-order chi connectivity index (χ1) is 9.22. The number of carbonyl (C=O) groups is 1. The van der Waals surface area contributed by atoms with Crippen molar-refractivity contribution >= 4 is 30.5 Å². The van der Waals surface area contributed by atoms with Crippen LogP contribution >= 0.6 is 18.9 Å². The SMILES string of the molecule is CCC(C(=O)Nc1c(C)cc(Cl)cc1C)[P+](C)(C)CC. The van der Waals surface area contributed by atoms with Gasteiger partial charge in [0.15, 0.2) is 0 Å². The van der Waals surface area contributed by atoms with Crippen LogP contribution in [0, 0.1) is 13.8 Å². The van der Waals surface area contributed by atoms with Crippen LogP contribution < -0.4 is 5.32 Å². The summed E-state index contributed by atoms with van der Waals surface area (Å²) in [5, 5.41) is 3.84. The normalized spacial score (nSPS) is 13.2. The van der Waals surface area contributed by atoms with Gasteiger partial charge in [0, 0.05) is 31.3 Å². The number of amides is 1. The summed E-state index contributed by atoms with van der Waals surface area (Å²) in [5.41, 5.74) is 3.08. The van der Waals surface area contributed by atoms with E-state index < -0.39 is 7.26 Å². The molecule has 0 aliphatic carbocycles. The van der Waals surface area contributed by atoms with Crippen molar-refractivity contribution in [3.63, 3.8) is 0 Å². The van der Waals surface area contributed by atoms with Crippen LogP contribution in [0.2, 0.25) is 5.02 Å². The minimum atomic E-state index is -1.20. The predicted molar refractivity (Wildman–Crippen MR) is 92.9 cm³/mol. The number of halogens is 1. The molecule has 0 heterocycles. The summed E-state index contributed by atoms with van der Waals surface area (Å²) in [5.74, 6) is 0.154. The maximum Gasteiger partial charge on any atom is 0.265 e. The average molecular weight is 315 g/mol. The molecule has 2 nitrogen and oxygen atoms in total. The van der Waals surface area contributed by atoms with Crippen molar-refractivity contribution in [1.29, 1.82) is 0 Å². The van der Waals surface area contributed by atoms with Crippen molar-refractivity contribution in [2.45, 2.75) is 39.8 Å². The van der Waals surface area contributed by atoms with E-state index in [9.17, 15) is 4.79 Å². The first-order valence-corrected chi connectivity index (χ1v) is 10.4. The number of hydrogen-bond donors (Lipinski definition) is 1. The number of aryl methyl sites for hydroxylation is 2. The van der Waals surface area contributed by atoms with Gasteiger partial charge in [-0.05, 0) is 50.5 Å². The molecule has 1 N–H and O–H groups in total. The van der Waals surface area contributed by atoms with Gasteiger partial charge >= 0.3 is 0 Å². The fraction of sp³-hybridized carbons (Fsp3) is 0.562. The summed E-state index contributed by atoms with van der Waals surface area (Å²) in [6.07, 6.45) is 1.99. The molecular formula is C16H26ClNOP+. The van der Waals surface area contributed by atoms with Crippen LogP contribution in [0.15, 0.2) is 12.1 Å². The quantitative estimate of drug-likeness (QED) is 0.764. The molecular weight excluding hydrogens is 289 g/mol. The maximum atomic E-state index is 12.6. The summed E-state index contributed by atoms with van der Waals surface area (Å²) < 4.78 is 0. The third-order valence-electron chi connectivity index (χ3n) is 4.09. The highest BCUT2D eigenvalue weighted by Crippen LogP contribution is 2.57. The molecule has 0 aromatic heterocycles. The van der Waals surface area contributed by atoms with Gasteiger partial charge < -0.3 is 5.32 Å². The van der Waals surface area contributed by atoms with E-state index in [1.165, 1.54) is 0 Å². The molecule has 0 fully saturated rings. The van der Waals surface area contributed by atoms with Crippen LogP contribution in [0.5, 0.6) is 0 Å².